The lowest BCUT2D eigenvalue weighted by molar-refractivity contribution is -0.00161. The monoisotopic (exact) mass is 201 g/mol. The molecule has 2 nitrogen and oxygen atoms in total. The molecule has 1 aliphatic rings. The normalized spacial score (nSPS) is 28.2. The summed E-state index contributed by atoms with van der Waals surface area (Å²) in [6, 6.07) is -0.488. The Bertz CT molecular complexity index is 158. The second-order valence-corrected chi connectivity index (χ2v) is 3.65. The average Bonchev–Trinajstić information content (AvgIpc) is 2.07. The van der Waals surface area contributed by atoms with E-state index in [-0.39, 0.29) is 25.4 Å². The summed E-state index contributed by atoms with van der Waals surface area (Å²) in [5.74, 6) is -2.65. The fraction of sp³-hybridized carbons (Fsp3) is 1.00. The van der Waals surface area contributed by atoms with E-state index in [1.807, 2.05) is 0 Å². The summed E-state index contributed by atoms with van der Waals surface area (Å²) < 4.78 is 25.1. The van der Waals surface area contributed by atoms with Crippen LogP contribution in [0.15, 0.2) is 0 Å². The van der Waals surface area contributed by atoms with E-state index in [2.05, 4.69) is 5.32 Å². The molecule has 0 aromatic rings. The number of nitrogens with one attached hydrogen (secondary N) is 1. The van der Waals surface area contributed by atoms with Gasteiger partial charge in [-0.3, -0.25) is 0 Å². The van der Waals surface area contributed by atoms with E-state index in [4.69, 9.17) is 0 Å². The van der Waals surface area contributed by atoms with Crippen molar-refractivity contribution in [3.05, 3.63) is 0 Å². The third-order valence-corrected chi connectivity index (χ3v) is 1.96. The van der Waals surface area contributed by atoms with Crippen molar-refractivity contribution in [1.29, 1.82) is 0 Å². The Labute approximate surface area is 76.8 Å². The lowest BCUT2D eigenvalue weighted by atomic mass is 9.97. The zero-order chi connectivity index (χ0) is 8.70. The number of hydrogen-bond donors (Lipinski definition) is 2. The second-order valence-electron chi connectivity index (χ2n) is 3.65. The fourth-order valence-electron chi connectivity index (χ4n) is 1.22. The Morgan fingerprint density at radius 2 is 2.00 bits per heavy atom. The van der Waals surface area contributed by atoms with Gasteiger partial charge in [-0.15, -0.1) is 12.4 Å². The van der Waals surface area contributed by atoms with Crippen LogP contribution in [0.4, 0.5) is 8.78 Å². The summed E-state index contributed by atoms with van der Waals surface area (Å²) in [6.45, 7) is 2.75. The van der Waals surface area contributed by atoms with Crippen molar-refractivity contribution < 1.29 is 13.9 Å². The maximum Gasteiger partial charge on any atom is 0.261 e. The molecule has 0 aliphatic carbocycles. The first-order valence-corrected chi connectivity index (χ1v) is 3.65. The van der Waals surface area contributed by atoms with Gasteiger partial charge in [0, 0.05) is 12.5 Å². The van der Waals surface area contributed by atoms with Gasteiger partial charge in [-0.2, -0.15) is 0 Å². The minimum atomic E-state index is -2.65. The molecule has 12 heavy (non-hydrogen) atoms. The molecule has 0 saturated carbocycles. The van der Waals surface area contributed by atoms with Gasteiger partial charge in [-0.25, -0.2) is 8.78 Å². The van der Waals surface area contributed by atoms with Crippen molar-refractivity contribution in [2.24, 2.45) is 0 Å². The lowest BCUT2D eigenvalue weighted by Crippen LogP contribution is -2.42. The third kappa shape index (κ3) is 2.84. The van der Waals surface area contributed by atoms with E-state index in [0.717, 1.165) is 0 Å². The van der Waals surface area contributed by atoms with Crippen LogP contribution in [0.25, 0.3) is 0 Å². The summed E-state index contributed by atoms with van der Waals surface area (Å²) in [7, 11) is 0. The van der Waals surface area contributed by atoms with E-state index < -0.39 is 17.6 Å². The van der Waals surface area contributed by atoms with Crippen molar-refractivity contribution in [3.8, 4) is 0 Å². The Kier molecular flexibility index (Phi) is 3.46. The van der Waals surface area contributed by atoms with E-state index >= 15 is 0 Å². The van der Waals surface area contributed by atoms with Crippen LogP contribution in [0.1, 0.15) is 20.3 Å². The van der Waals surface area contributed by atoms with Gasteiger partial charge >= 0.3 is 0 Å². The number of rotatable bonds is 1. The molecule has 1 heterocycles. The van der Waals surface area contributed by atoms with Crippen LogP contribution < -0.4 is 5.32 Å². The van der Waals surface area contributed by atoms with Crippen LogP contribution >= 0.6 is 12.4 Å². The van der Waals surface area contributed by atoms with Crippen LogP contribution in [0.2, 0.25) is 0 Å². The van der Waals surface area contributed by atoms with Gasteiger partial charge in [0.1, 0.15) is 0 Å². The summed E-state index contributed by atoms with van der Waals surface area (Å²) >= 11 is 0. The molecule has 5 heteroatoms. The number of halogens is 3. The highest BCUT2D eigenvalue weighted by Gasteiger charge is 2.44. The van der Waals surface area contributed by atoms with Gasteiger partial charge < -0.3 is 10.4 Å². The third-order valence-electron chi connectivity index (χ3n) is 1.96. The van der Waals surface area contributed by atoms with Crippen LogP contribution in [-0.2, 0) is 0 Å². The molecule has 0 amide bonds. The van der Waals surface area contributed by atoms with Gasteiger partial charge in [0.05, 0.1) is 12.1 Å². The van der Waals surface area contributed by atoms with Crippen LogP contribution in [0.3, 0.4) is 0 Å². The molecule has 0 radical (unpaired) electrons. The topological polar surface area (TPSA) is 32.3 Å². The standard InChI is InChI=1S/C7H13F2NO.ClH/c1-6(2,11)5-3-7(8,9)4-10-5;/h5,10-11H,3-4H2,1-2H3;1H/t5-;/m1./s1. The van der Waals surface area contributed by atoms with Crippen molar-refractivity contribution in [1.82, 2.24) is 5.32 Å². The van der Waals surface area contributed by atoms with E-state index in [9.17, 15) is 13.9 Å². The summed E-state index contributed by atoms with van der Waals surface area (Å²) in [4.78, 5) is 0. The Morgan fingerprint density at radius 1 is 1.50 bits per heavy atom. The average molecular weight is 202 g/mol. The quantitative estimate of drug-likeness (QED) is 0.668. The Morgan fingerprint density at radius 3 is 2.17 bits per heavy atom. The number of hydrogen-bond acceptors (Lipinski definition) is 2. The highest BCUT2D eigenvalue weighted by atomic mass is 35.5. The van der Waals surface area contributed by atoms with Crippen molar-refractivity contribution in [2.75, 3.05) is 6.54 Å². The fourth-order valence-corrected chi connectivity index (χ4v) is 1.22. The predicted octanol–water partition coefficient (Wildman–Crippen LogP) is 1.18. The van der Waals surface area contributed by atoms with Crippen molar-refractivity contribution in [3.63, 3.8) is 0 Å². The van der Waals surface area contributed by atoms with Gasteiger partial charge in [0.25, 0.3) is 5.92 Å². The minimum Gasteiger partial charge on any atom is -0.389 e. The zero-order valence-corrected chi connectivity index (χ0v) is 7.92. The molecular weight excluding hydrogens is 188 g/mol. The van der Waals surface area contributed by atoms with E-state index in [1.165, 1.54) is 13.8 Å². The van der Waals surface area contributed by atoms with Crippen LogP contribution in [-0.4, -0.2) is 29.2 Å². The molecule has 0 spiro atoms. The molecule has 0 aromatic carbocycles. The smallest absolute Gasteiger partial charge is 0.261 e. The summed E-state index contributed by atoms with van der Waals surface area (Å²) in [5.41, 5.74) is -1.06. The number of aliphatic hydroxyl groups is 1. The molecule has 1 rings (SSSR count). The van der Waals surface area contributed by atoms with Gasteiger partial charge in [-0.05, 0) is 13.8 Å². The SMILES string of the molecule is CC(C)(O)[C@H]1CC(F)(F)CN1.Cl. The zero-order valence-electron chi connectivity index (χ0n) is 7.10. The summed E-state index contributed by atoms with van der Waals surface area (Å²) in [6.07, 6.45) is -0.267. The van der Waals surface area contributed by atoms with E-state index in [0.29, 0.717) is 0 Å². The number of alkyl halides is 2. The largest absolute Gasteiger partial charge is 0.389 e. The lowest BCUT2D eigenvalue weighted by Gasteiger charge is -2.24. The molecule has 0 bridgehead atoms. The Balaban J connectivity index is 0.00000121. The molecular formula is C7H14ClF2NO. The second kappa shape index (κ2) is 3.44. The molecule has 1 saturated heterocycles. The van der Waals surface area contributed by atoms with Crippen molar-refractivity contribution >= 4 is 12.4 Å². The first-order chi connectivity index (χ1) is 4.81. The molecule has 74 valence electrons. The van der Waals surface area contributed by atoms with Gasteiger partial charge in [0.15, 0.2) is 0 Å². The van der Waals surface area contributed by atoms with Crippen LogP contribution in [0, 0.1) is 0 Å². The molecule has 1 aliphatic heterocycles. The minimum absolute atomic E-state index is 0. The van der Waals surface area contributed by atoms with Crippen molar-refractivity contribution in [2.45, 2.75) is 37.8 Å². The first-order valence-electron chi connectivity index (χ1n) is 3.65. The Hall–Kier alpha value is 0.0700. The highest BCUT2D eigenvalue weighted by molar-refractivity contribution is 5.85. The van der Waals surface area contributed by atoms with Gasteiger partial charge in [-0.1, -0.05) is 0 Å². The van der Waals surface area contributed by atoms with Gasteiger partial charge in [0.2, 0.25) is 0 Å². The maximum atomic E-state index is 12.6. The first kappa shape index (κ1) is 12.1. The maximum absolute atomic E-state index is 12.6. The molecule has 0 aromatic heterocycles. The summed E-state index contributed by atoms with van der Waals surface area (Å²) in [5, 5.41) is 11.9. The van der Waals surface area contributed by atoms with Crippen LogP contribution in [0.5, 0.6) is 0 Å². The molecule has 1 fully saturated rings. The molecule has 1 atom stereocenters. The molecule has 2 N–H and O–H groups in total. The highest BCUT2D eigenvalue weighted by Crippen LogP contribution is 2.29. The van der Waals surface area contributed by atoms with E-state index in [1.54, 1.807) is 0 Å². The predicted molar refractivity (Wildman–Crippen MR) is 44.9 cm³/mol. The molecule has 0 unspecified atom stereocenters.